The number of nitrogens with zero attached hydrogens (tertiary/aromatic N) is 2. The van der Waals surface area contributed by atoms with Gasteiger partial charge >= 0.3 is 6.09 Å². The van der Waals surface area contributed by atoms with E-state index < -0.39 is 11.7 Å². The number of thiophene rings is 1. The van der Waals surface area contributed by atoms with E-state index in [0.717, 1.165) is 19.5 Å². The van der Waals surface area contributed by atoms with E-state index in [4.69, 9.17) is 4.74 Å². The lowest BCUT2D eigenvalue weighted by Gasteiger charge is -2.19. The summed E-state index contributed by atoms with van der Waals surface area (Å²) in [6, 6.07) is 13.9. The molecule has 0 saturated carbocycles. The smallest absolute Gasteiger partial charge is 0.407 e. The van der Waals surface area contributed by atoms with Crippen LogP contribution in [-0.4, -0.2) is 21.7 Å². The summed E-state index contributed by atoms with van der Waals surface area (Å²) >= 11 is 3.23. The Labute approximate surface area is 167 Å². The first-order valence-corrected chi connectivity index (χ1v) is 10.1. The van der Waals surface area contributed by atoms with Crippen molar-refractivity contribution in [2.75, 3.05) is 0 Å². The normalized spacial score (nSPS) is 11.2. The van der Waals surface area contributed by atoms with Crippen LogP contribution in [0.3, 0.4) is 0 Å². The first-order chi connectivity index (χ1) is 12.9. The van der Waals surface area contributed by atoms with Gasteiger partial charge in [-0.15, -0.1) is 11.3 Å². The van der Waals surface area contributed by atoms with Crippen LogP contribution >= 0.6 is 23.1 Å². The highest BCUT2D eigenvalue weighted by Crippen LogP contribution is 2.33. The highest BCUT2D eigenvalue weighted by molar-refractivity contribution is 8.01. The van der Waals surface area contributed by atoms with Crippen molar-refractivity contribution in [1.29, 1.82) is 0 Å². The molecule has 1 amide bonds. The topological polar surface area (TPSA) is 64.1 Å². The molecule has 3 aromatic rings. The van der Waals surface area contributed by atoms with Crippen molar-refractivity contribution < 1.29 is 9.53 Å². The molecule has 0 fully saturated rings. The van der Waals surface area contributed by atoms with Crippen molar-refractivity contribution in [2.24, 2.45) is 0 Å². The molecule has 2 aromatic heterocycles. The summed E-state index contributed by atoms with van der Waals surface area (Å²) in [5, 5.41) is 2.77. The van der Waals surface area contributed by atoms with Crippen LogP contribution in [0, 0.1) is 0 Å². The summed E-state index contributed by atoms with van der Waals surface area (Å²) in [7, 11) is 0. The van der Waals surface area contributed by atoms with E-state index in [1.807, 2.05) is 75.6 Å². The van der Waals surface area contributed by atoms with Crippen LogP contribution in [0.5, 0.6) is 0 Å². The standard InChI is InChI=1S/C20H21N3O2S2/c1-20(2,3)25-19(24)23-11-15-9-10-17(26-15)27-16-12-21-18(22-13-16)14-7-5-4-6-8-14/h4-10,12-13H,11H2,1-3H3,(H,23,24). The third-order valence-electron chi connectivity index (χ3n) is 3.32. The average molecular weight is 400 g/mol. The van der Waals surface area contributed by atoms with Gasteiger partial charge in [-0.3, -0.25) is 0 Å². The molecule has 140 valence electrons. The maximum absolute atomic E-state index is 11.7. The van der Waals surface area contributed by atoms with Gasteiger partial charge < -0.3 is 10.1 Å². The zero-order valence-corrected chi connectivity index (χ0v) is 17.1. The zero-order chi connectivity index (χ0) is 19.3. The van der Waals surface area contributed by atoms with Crippen LogP contribution in [0.15, 0.2) is 64.0 Å². The molecule has 27 heavy (non-hydrogen) atoms. The Kier molecular flexibility index (Phi) is 6.13. The third-order valence-corrected chi connectivity index (χ3v) is 5.49. The Hall–Kier alpha value is -2.38. The van der Waals surface area contributed by atoms with E-state index in [2.05, 4.69) is 15.3 Å². The molecule has 1 N–H and O–H groups in total. The maximum Gasteiger partial charge on any atom is 0.407 e. The molecule has 2 heterocycles. The Morgan fingerprint density at radius 3 is 2.48 bits per heavy atom. The molecular weight excluding hydrogens is 378 g/mol. The number of alkyl carbamates (subject to hydrolysis) is 1. The Balaban J connectivity index is 1.55. The molecule has 0 aliphatic carbocycles. The number of hydrogen-bond acceptors (Lipinski definition) is 6. The molecule has 3 rings (SSSR count). The number of hydrogen-bond donors (Lipinski definition) is 1. The number of ether oxygens (including phenoxy) is 1. The second-order valence-corrected chi connectivity index (χ2v) is 9.33. The van der Waals surface area contributed by atoms with E-state index in [1.165, 1.54) is 0 Å². The average Bonchev–Trinajstić information content (AvgIpc) is 3.07. The van der Waals surface area contributed by atoms with Crippen molar-refractivity contribution in [3.8, 4) is 11.4 Å². The highest BCUT2D eigenvalue weighted by atomic mass is 32.2. The fourth-order valence-electron chi connectivity index (χ4n) is 2.20. The predicted molar refractivity (Wildman–Crippen MR) is 109 cm³/mol. The van der Waals surface area contributed by atoms with Gasteiger partial charge in [0.15, 0.2) is 5.82 Å². The Morgan fingerprint density at radius 1 is 1.11 bits per heavy atom. The molecule has 1 aromatic carbocycles. The lowest BCUT2D eigenvalue weighted by atomic mass is 10.2. The summed E-state index contributed by atoms with van der Waals surface area (Å²) in [6.45, 7) is 5.98. The van der Waals surface area contributed by atoms with Gasteiger partial charge in [0, 0.05) is 27.7 Å². The molecule has 0 saturated heterocycles. The second kappa shape index (κ2) is 8.54. The van der Waals surface area contributed by atoms with Crippen molar-refractivity contribution in [3.05, 3.63) is 59.7 Å². The van der Waals surface area contributed by atoms with Crippen molar-refractivity contribution in [3.63, 3.8) is 0 Å². The number of benzene rings is 1. The van der Waals surface area contributed by atoms with Gasteiger partial charge in [-0.2, -0.15) is 0 Å². The van der Waals surface area contributed by atoms with Gasteiger partial charge in [0.1, 0.15) is 5.60 Å². The van der Waals surface area contributed by atoms with E-state index >= 15 is 0 Å². The van der Waals surface area contributed by atoms with Gasteiger partial charge in [-0.05, 0) is 32.9 Å². The fourth-order valence-corrected chi connectivity index (χ4v) is 4.23. The number of amides is 1. The van der Waals surface area contributed by atoms with Crippen LogP contribution in [0.2, 0.25) is 0 Å². The first kappa shape index (κ1) is 19.4. The minimum absolute atomic E-state index is 0.407. The van der Waals surface area contributed by atoms with Crippen LogP contribution < -0.4 is 5.32 Å². The van der Waals surface area contributed by atoms with Crippen LogP contribution in [0.1, 0.15) is 25.6 Å². The summed E-state index contributed by atoms with van der Waals surface area (Å²) in [6.07, 6.45) is 3.26. The van der Waals surface area contributed by atoms with Gasteiger partial charge in [-0.25, -0.2) is 14.8 Å². The zero-order valence-electron chi connectivity index (χ0n) is 15.4. The van der Waals surface area contributed by atoms with Crippen molar-refractivity contribution >= 4 is 29.2 Å². The third kappa shape index (κ3) is 6.08. The summed E-state index contributed by atoms with van der Waals surface area (Å²) in [5.74, 6) is 0.716. The fraction of sp³-hybridized carbons (Fsp3) is 0.250. The van der Waals surface area contributed by atoms with Crippen LogP contribution in [-0.2, 0) is 11.3 Å². The monoisotopic (exact) mass is 399 g/mol. The molecule has 0 spiro atoms. The lowest BCUT2D eigenvalue weighted by molar-refractivity contribution is 0.0524. The molecular formula is C20H21N3O2S2. The highest BCUT2D eigenvalue weighted by Gasteiger charge is 2.16. The molecule has 5 nitrogen and oxygen atoms in total. The summed E-state index contributed by atoms with van der Waals surface area (Å²) in [5.41, 5.74) is 0.507. The largest absolute Gasteiger partial charge is 0.444 e. The minimum Gasteiger partial charge on any atom is -0.444 e. The number of rotatable bonds is 5. The molecule has 0 radical (unpaired) electrons. The molecule has 0 bridgehead atoms. The van der Waals surface area contributed by atoms with Gasteiger partial charge in [0.2, 0.25) is 0 Å². The molecule has 7 heteroatoms. The van der Waals surface area contributed by atoms with Crippen LogP contribution in [0.4, 0.5) is 4.79 Å². The quantitative estimate of drug-likeness (QED) is 0.624. The molecule has 0 atom stereocenters. The van der Waals surface area contributed by atoms with E-state index in [0.29, 0.717) is 12.4 Å². The predicted octanol–water partition coefficient (Wildman–Crippen LogP) is 5.38. The van der Waals surface area contributed by atoms with Crippen molar-refractivity contribution in [1.82, 2.24) is 15.3 Å². The maximum atomic E-state index is 11.7. The number of carbonyl (C=O) groups excluding carboxylic acids is 1. The lowest BCUT2D eigenvalue weighted by Crippen LogP contribution is -2.31. The Bertz CT molecular complexity index is 888. The number of nitrogens with one attached hydrogen (secondary N) is 1. The SMILES string of the molecule is CC(C)(C)OC(=O)NCc1ccc(Sc2cnc(-c3ccccc3)nc2)s1. The van der Waals surface area contributed by atoms with Crippen molar-refractivity contribution in [2.45, 2.75) is 42.0 Å². The minimum atomic E-state index is -0.494. The van der Waals surface area contributed by atoms with E-state index in [-0.39, 0.29) is 0 Å². The van der Waals surface area contributed by atoms with E-state index in [1.54, 1.807) is 23.1 Å². The molecule has 0 unspecified atom stereocenters. The molecule has 0 aliphatic heterocycles. The van der Waals surface area contributed by atoms with E-state index in [9.17, 15) is 4.79 Å². The summed E-state index contributed by atoms with van der Waals surface area (Å²) < 4.78 is 6.36. The first-order valence-electron chi connectivity index (χ1n) is 8.50. The van der Waals surface area contributed by atoms with Gasteiger partial charge in [0.05, 0.1) is 10.8 Å². The second-order valence-electron chi connectivity index (χ2n) is 6.79. The van der Waals surface area contributed by atoms with Gasteiger partial charge in [-0.1, -0.05) is 42.1 Å². The molecule has 0 aliphatic rings. The number of aromatic nitrogens is 2. The van der Waals surface area contributed by atoms with Gasteiger partial charge in [0.25, 0.3) is 0 Å². The summed E-state index contributed by atoms with van der Waals surface area (Å²) in [4.78, 5) is 22.7. The Morgan fingerprint density at radius 2 is 1.81 bits per heavy atom. The van der Waals surface area contributed by atoms with Crippen LogP contribution in [0.25, 0.3) is 11.4 Å². The number of carbonyl (C=O) groups is 1.